The highest BCUT2D eigenvalue weighted by atomic mass is 16.2. The second-order valence-corrected chi connectivity index (χ2v) is 7.20. The molecule has 1 aromatic heterocycles. The van der Waals surface area contributed by atoms with Crippen LogP contribution >= 0.6 is 0 Å². The summed E-state index contributed by atoms with van der Waals surface area (Å²) >= 11 is 0. The normalized spacial score (nSPS) is 29.8. The van der Waals surface area contributed by atoms with Crippen molar-refractivity contribution in [2.45, 2.75) is 51.6 Å². The van der Waals surface area contributed by atoms with Crippen LogP contribution in [0, 0.1) is 17.8 Å². The fourth-order valence-electron chi connectivity index (χ4n) is 4.51. The van der Waals surface area contributed by atoms with Crippen molar-refractivity contribution in [2.75, 3.05) is 12.4 Å². The quantitative estimate of drug-likeness (QED) is 0.895. The van der Waals surface area contributed by atoms with Crippen molar-refractivity contribution in [3.63, 3.8) is 0 Å². The maximum absolute atomic E-state index is 12.4. The first-order chi connectivity index (χ1) is 11.1. The number of pyridine rings is 1. The highest BCUT2D eigenvalue weighted by Crippen LogP contribution is 2.42. The predicted octanol–water partition coefficient (Wildman–Crippen LogP) is 2.22. The van der Waals surface area contributed by atoms with Gasteiger partial charge in [0.15, 0.2) is 0 Å². The average molecular weight is 317 g/mol. The lowest BCUT2D eigenvalue weighted by atomic mass is 9.65. The molecule has 0 aromatic carbocycles. The average Bonchev–Trinajstić information content (AvgIpc) is 2.53. The van der Waals surface area contributed by atoms with Crippen LogP contribution < -0.4 is 16.2 Å². The second-order valence-electron chi connectivity index (χ2n) is 7.20. The van der Waals surface area contributed by atoms with E-state index in [0.717, 1.165) is 5.92 Å². The van der Waals surface area contributed by atoms with Crippen molar-refractivity contribution < 1.29 is 4.79 Å². The summed E-state index contributed by atoms with van der Waals surface area (Å²) < 4.78 is 1.47. The third-order valence-corrected chi connectivity index (χ3v) is 5.58. The monoisotopic (exact) mass is 317 g/mol. The molecule has 2 saturated carbocycles. The third kappa shape index (κ3) is 3.43. The van der Waals surface area contributed by atoms with Gasteiger partial charge in [-0.05, 0) is 49.1 Å². The van der Waals surface area contributed by atoms with Crippen molar-refractivity contribution in [3.8, 4) is 0 Å². The Morgan fingerprint density at radius 3 is 2.96 bits per heavy atom. The van der Waals surface area contributed by atoms with Crippen LogP contribution in [0.15, 0.2) is 23.1 Å². The predicted molar refractivity (Wildman–Crippen MR) is 91.4 cm³/mol. The number of rotatable bonds is 4. The van der Waals surface area contributed by atoms with E-state index in [-0.39, 0.29) is 24.1 Å². The summed E-state index contributed by atoms with van der Waals surface area (Å²) in [5, 5.41) is 6.08. The SMILES string of the molecule is CNc1cccn(CC(=O)NC2C(C)CC3CCCC2C3)c1=O. The molecule has 0 aliphatic heterocycles. The first-order valence-electron chi connectivity index (χ1n) is 8.75. The Bertz CT molecular complexity index is 623. The van der Waals surface area contributed by atoms with E-state index >= 15 is 0 Å². The molecule has 5 heteroatoms. The largest absolute Gasteiger partial charge is 0.384 e. The van der Waals surface area contributed by atoms with E-state index in [0.29, 0.717) is 17.5 Å². The zero-order valence-corrected chi connectivity index (χ0v) is 14.0. The van der Waals surface area contributed by atoms with Crippen molar-refractivity contribution in [3.05, 3.63) is 28.7 Å². The van der Waals surface area contributed by atoms with E-state index in [4.69, 9.17) is 0 Å². The lowest BCUT2D eigenvalue weighted by Crippen LogP contribution is -2.50. The van der Waals surface area contributed by atoms with E-state index in [1.165, 1.54) is 36.7 Å². The standard InChI is InChI=1S/C18H27N3O2/c1-12-9-13-5-3-6-14(10-13)17(12)20-16(22)11-21-8-4-7-15(19-2)18(21)23/h4,7-8,12-14,17,19H,3,5-6,9-11H2,1-2H3,(H,20,22). The first kappa shape index (κ1) is 16.1. The molecule has 1 amide bonds. The number of nitrogens with one attached hydrogen (secondary N) is 2. The summed E-state index contributed by atoms with van der Waals surface area (Å²) in [5.74, 6) is 1.94. The van der Waals surface area contributed by atoms with Gasteiger partial charge in [0.1, 0.15) is 12.2 Å². The number of hydrogen-bond donors (Lipinski definition) is 2. The van der Waals surface area contributed by atoms with Crippen molar-refractivity contribution >= 4 is 11.6 Å². The zero-order chi connectivity index (χ0) is 16.4. The molecule has 2 bridgehead atoms. The summed E-state index contributed by atoms with van der Waals surface area (Å²) in [6, 6.07) is 3.78. The van der Waals surface area contributed by atoms with Crippen LogP contribution in [0.4, 0.5) is 5.69 Å². The van der Waals surface area contributed by atoms with Crippen LogP contribution in [0.2, 0.25) is 0 Å². The molecule has 4 atom stereocenters. The van der Waals surface area contributed by atoms with Crippen molar-refractivity contribution in [2.24, 2.45) is 17.8 Å². The van der Waals surface area contributed by atoms with Gasteiger partial charge in [-0.3, -0.25) is 9.59 Å². The molecular formula is C18H27N3O2. The molecule has 2 aliphatic carbocycles. The van der Waals surface area contributed by atoms with Gasteiger partial charge in [0.25, 0.3) is 5.56 Å². The van der Waals surface area contributed by atoms with Gasteiger partial charge in [0.05, 0.1) is 0 Å². The van der Waals surface area contributed by atoms with Gasteiger partial charge in [-0.2, -0.15) is 0 Å². The lowest BCUT2D eigenvalue weighted by molar-refractivity contribution is -0.124. The molecule has 0 radical (unpaired) electrons. The molecule has 126 valence electrons. The molecular weight excluding hydrogens is 290 g/mol. The van der Waals surface area contributed by atoms with Gasteiger partial charge < -0.3 is 15.2 Å². The Balaban J connectivity index is 1.66. The van der Waals surface area contributed by atoms with Crippen LogP contribution in [0.25, 0.3) is 0 Å². The van der Waals surface area contributed by atoms with E-state index in [1.54, 1.807) is 25.4 Å². The highest BCUT2D eigenvalue weighted by Gasteiger charge is 2.38. The lowest BCUT2D eigenvalue weighted by Gasteiger charge is -2.44. The van der Waals surface area contributed by atoms with E-state index < -0.39 is 0 Å². The second kappa shape index (κ2) is 6.77. The van der Waals surface area contributed by atoms with Gasteiger partial charge in [-0.25, -0.2) is 0 Å². The fraction of sp³-hybridized carbons (Fsp3) is 0.667. The number of carbonyl (C=O) groups is 1. The van der Waals surface area contributed by atoms with Crippen LogP contribution in [-0.2, 0) is 11.3 Å². The molecule has 0 saturated heterocycles. The Hall–Kier alpha value is -1.78. The number of carbonyl (C=O) groups excluding carboxylic acids is 1. The van der Waals surface area contributed by atoms with Crippen LogP contribution in [0.3, 0.4) is 0 Å². The molecule has 2 aliphatic rings. The molecule has 2 N–H and O–H groups in total. The fourth-order valence-corrected chi connectivity index (χ4v) is 4.51. The number of hydrogen-bond acceptors (Lipinski definition) is 3. The molecule has 5 nitrogen and oxygen atoms in total. The van der Waals surface area contributed by atoms with Crippen LogP contribution in [0.5, 0.6) is 0 Å². The Kier molecular flexibility index (Phi) is 4.74. The smallest absolute Gasteiger partial charge is 0.274 e. The summed E-state index contributed by atoms with van der Waals surface area (Å²) in [7, 11) is 1.71. The number of nitrogens with zero attached hydrogens (tertiary/aromatic N) is 1. The maximum Gasteiger partial charge on any atom is 0.274 e. The molecule has 2 fully saturated rings. The van der Waals surface area contributed by atoms with Gasteiger partial charge in [-0.1, -0.05) is 19.8 Å². The van der Waals surface area contributed by atoms with Gasteiger partial charge >= 0.3 is 0 Å². The molecule has 23 heavy (non-hydrogen) atoms. The van der Waals surface area contributed by atoms with Crippen molar-refractivity contribution in [1.29, 1.82) is 0 Å². The highest BCUT2D eigenvalue weighted by molar-refractivity contribution is 5.76. The minimum atomic E-state index is -0.153. The number of amides is 1. The molecule has 4 unspecified atom stereocenters. The molecule has 3 rings (SSSR count). The number of anilines is 1. The molecule has 1 aromatic rings. The van der Waals surface area contributed by atoms with E-state index in [1.807, 2.05) is 0 Å². The van der Waals surface area contributed by atoms with Crippen LogP contribution in [-0.4, -0.2) is 23.6 Å². The van der Waals surface area contributed by atoms with Gasteiger partial charge in [-0.15, -0.1) is 0 Å². The van der Waals surface area contributed by atoms with Crippen LogP contribution in [0.1, 0.15) is 39.0 Å². The van der Waals surface area contributed by atoms with Gasteiger partial charge in [0.2, 0.25) is 5.91 Å². The van der Waals surface area contributed by atoms with Crippen molar-refractivity contribution in [1.82, 2.24) is 9.88 Å². The van der Waals surface area contributed by atoms with E-state index in [9.17, 15) is 9.59 Å². The number of aromatic nitrogens is 1. The first-order valence-corrected chi connectivity index (χ1v) is 8.75. The Morgan fingerprint density at radius 1 is 1.35 bits per heavy atom. The summed E-state index contributed by atoms with van der Waals surface area (Å²) in [5.41, 5.74) is 0.362. The minimum absolute atomic E-state index is 0.0544. The van der Waals surface area contributed by atoms with Gasteiger partial charge in [0, 0.05) is 19.3 Å². The molecule has 0 spiro atoms. The Labute approximate surface area is 137 Å². The topological polar surface area (TPSA) is 63.1 Å². The maximum atomic E-state index is 12.4. The minimum Gasteiger partial charge on any atom is -0.384 e. The summed E-state index contributed by atoms with van der Waals surface area (Å²) in [4.78, 5) is 24.6. The third-order valence-electron chi connectivity index (χ3n) is 5.58. The number of fused-ring (bicyclic) bond motifs is 2. The summed E-state index contributed by atoms with van der Waals surface area (Å²) in [6.07, 6.45) is 8.01. The van der Waals surface area contributed by atoms with E-state index in [2.05, 4.69) is 17.6 Å². The zero-order valence-electron chi connectivity index (χ0n) is 14.0. The summed E-state index contributed by atoms with van der Waals surface area (Å²) in [6.45, 7) is 2.34. The Morgan fingerprint density at radius 2 is 2.17 bits per heavy atom. The molecule has 1 heterocycles.